The van der Waals surface area contributed by atoms with Gasteiger partial charge in [0.1, 0.15) is 17.3 Å². The van der Waals surface area contributed by atoms with Crippen LogP contribution in [0.4, 0.5) is 4.79 Å². The molecule has 0 saturated carbocycles. The molecule has 2 rings (SSSR count). The predicted octanol–water partition coefficient (Wildman–Crippen LogP) is 2.30. The molecule has 2 atom stereocenters. The maximum Gasteiger partial charge on any atom is 0.408 e. The molecule has 0 radical (unpaired) electrons. The van der Waals surface area contributed by atoms with Crippen LogP contribution in [0.5, 0.6) is 0 Å². The molecule has 9 nitrogen and oxygen atoms in total. The maximum atomic E-state index is 11.9. The van der Waals surface area contributed by atoms with Crippen molar-refractivity contribution in [2.75, 3.05) is 13.7 Å². The number of alkyl carbamates (subject to hydrolysis) is 1. The van der Waals surface area contributed by atoms with E-state index in [1.54, 1.807) is 12.1 Å². The average molecular weight is 442 g/mol. The van der Waals surface area contributed by atoms with Crippen molar-refractivity contribution in [2.24, 2.45) is 10.1 Å². The Morgan fingerprint density at radius 1 is 1.44 bits per heavy atom. The van der Waals surface area contributed by atoms with E-state index < -0.39 is 18.1 Å². The van der Waals surface area contributed by atoms with Crippen LogP contribution in [0, 0.1) is 0 Å². The van der Waals surface area contributed by atoms with Gasteiger partial charge in [0.05, 0.1) is 20.1 Å². The van der Waals surface area contributed by atoms with Gasteiger partial charge in [0.2, 0.25) is 0 Å². The second-order valence-electron chi connectivity index (χ2n) is 5.64. The molecule has 1 aliphatic rings. The van der Waals surface area contributed by atoms with E-state index in [9.17, 15) is 14.7 Å². The number of carboxylic acids is 1. The molecule has 0 bridgehead atoms. The summed E-state index contributed by atoms with van der Waals surface area (Å²) in [6, 6.07) is 7.83. The molecular weight excluding hydrogens is 422 g/mol. The molecule has 1 amide bonds. The molecule has 0 aromatic heterocycles. The highest BCUT2D eigenvalue weighted by Crippen LogP contribution is 2.14. The van der Waals surface area contributed by atoms with Crippen molar-refractivity contribution >= 4 is 38.5 Å². The van der Waals surface area contributed by atoms with Crippen LogP contribution >= 0.6 is 15.9 Å². The van der Waals surface area contributed by atoms with Crippen LogP contribution < -0.4 is 5.32 Å². The number of oxime groups is 1. The fourth-order valence-corrected chi connectivity index (χ4v) is 2.63. The van der Waals surface area contributed by atoms with E-state index in [4.69, 9.17) is 14.3 Å². The Morgan fingerprint density at radius 3 is 2.78 bits per heavy atom. The number of rotatable bonds is 8. The van der Waals surface area contributed by atoms with Crippen LogP contribution in [0.3, 0.4) is 0 Å². The van der Waals surface area contributed by atoms with Gasteiger partial charge >= 0.3 is 12.1 Å². The number of carbonyl (C=O) groups excluding carboxylic acids is 1. The van der Waals surface area contributed by atoms with Gasteiger partial charge in [-0.15, -0.1) is 0 Å². The number of carbonyl (C=O) groups is 2. The number of benzene rings is 1. The van der Waals surface area contributed by atoms with E-state index in [1.807, 2.05) is 18.2 Å². The number of aliphatic carboxylic acids is 1. The average Bonchev–Trinajstić information content (AvgIpc) is 3.08. The number of hydrogen-bond donors (Lipinski definition) is 2. The Morgan fingerprint density at radius 2 is 2.19 bits per heavy atom. The predicted molar refractivity (Wildman–Crippen MR) is 101 cm³/mol. The molecule has 27 heavy (non-hydrogen) atoms. The number of carboxylic acid groups (broad SMARTS) is 1. The first-order chi connectivity index (χ1) is 13.0. The number of amides is 1. The number of halogens is 1. The highest BCUT2D eigenvalue weighted by Gasteiger charge is 2.24. The van der Waals surface area contributed by atoms with Crippen molar-refractivity contribution in [2.45, 2.75) is 31.6 Å². The number of ether oxygens (including phenoxy) is 2. The maximum absolute atomic E-state index is 11.9. The van der Waals surface area contributed by atoms with Crippen LogP contribution in [-0.2, 0) is 25.7 Å². The first kappa shape index (κ1) is 20.7. The molecule has 0 fully saturated rings. The minimum Gasteiger partial charge on any atom is -0.484 e. The Labute approximate surface area is 164 Å². The zero-order valence-electron chi connectivity index (χ0n) is 14.6. The normalized spacial score (nSPS) is 17.5. The Bertz CT molecular complexity index is 710. The van der Waals surface area contributed by atoms with Gasteiger partial charge in [-0.3, -0.25) is 4.99 Å². The monoisotopic (exact) mass is 441 g/mol. The van der Waals surface area contributed by atoms with Gasteiger partial charge in [0, 0.05) is 6.42 Å². The smallest absolute Gasteiger partial charge is 0.408 e. The first-order valence-electron chi connectivity index (χ1n) is 8.13. The third kappa shape index (κ3) is 7.26. The lowest BCUT2D eigenvalue weighted by Crippen LogP contribution is -2.42. The van der Waals surface area contributed by atoms with Crippen LogP contribution in [0.25, 0.3) is 0 Å². The van der Waals surface area contributed by atoms with Crippen LogP contribution in [-0.4, -0.2) is 53.5 Å². The third-order valence-electron chi connectivity index (χ3n) is 3.59. The molecule has 146 valence electrons. The topological polar surface area (TPSA) is 119 Å². The van der Waals surface area contributed by atoms with E-state index in [2.05, 4.69) is 31.4 Å². The van der Waals surface area contributed by atoms with Crippen molar-refractivity contribution in [3.63, 3.8) is 0 Å². The Hall–Kier alpha value is -2.62. The highest BCUT2D eigenvalue weighted by atomic mass is 79.9. The van der Waals surface area contributed by atoms with E-state index >= 15 is 0 Å². The minimum absolute atomic E-state index is 0.0398. The van der Waals surface area contributed by atoms with Crippen molar-refractivity contribution in [1.29, 1.82) is 0 Å². The first-order valence-corrected chi connectivity index (χ1v) is 8.92. The zero-order chi connectivity index (χ0) is 19.6. The lowest BCUT2D eigenvalue weighted by Gasteiger charge is -2.15. The lowest BCUT2D eigenvalue weighted by atomic mass is 10.2. The van der Waals surface area contributed by atoms with Crippen molar-refractivity contribution in [3.05, 3.63) is 35.9 Å². The lowest BCUT2D eigenvalue weighted by molar-refractivity contribution is -0.139. The van der Waals surface area contributed by atoms with Gasteiger partial charge in [0.25, 0.3) is 0 Å². The molecule has 1 aliphatic heterocycles. The van der Waals surface area contributed by atoms with Crippen molar-refractivity contribution < 1.29 is 29.0 Å². The molecular formula is C17H20BrN3O6. The van der Waals surface area contributed by atoms with E-state index in [1.165, 1.54) is 7.11 Å². The molecule has 2 N–H and O–H groups in total. The summed E-state index contributed by atoms with van der Waals surface area (Å²) < 4.78 is 10.8. The van der Waals surface area contributed by atoms with Gasteiger partial charge in [0.15, 0.2) is 12.0 Å². The van der Waals surface area contributed by atoms with E-state index in [0.29, 0.717) is 11.0 Å². The van der Waals surface area contributed by atoms with Gasteiger partial charge in [-0.05, 0) is 21.5 Å². The minimum atomic E-state index is -1.24. The Kier molecular flexibility index (Phi) is 8.05. The number of methoxy groups -OCH3 is 1. The summed E-state index contributed by atoms with van der Waals surface area (Å²) in [6.45, 7) is 0.296. The van der Waals surface area contributed by atoms with Gasteiger partial charge in [-0.2, -0.15) is 0 Å². The summed E-state index contributed by atoms with van der Waals surface area (Å²) in [4.78, 5) is 32.6. The summed E-state index contributed by atoms with van der Waals surface area (Å²) in [6.07, 6.45) is -0.622. The molecule has 0 saturated heterocycles. The number of hydrogen-bond acceptors (Lipinski definition) is 7. The SMILES string of the molecule is COC(C[C@H](NC(=O)OCc1ccccc1)C(=O)O)=NCC1CC(Br)=NO1. The van der Waals surface area contributed by atoms with E-state index in [-0.39, 0.29) is 31.6 Å². The summed E-state index contributed by atoms with van der Waals surface area (Å²) in [5.41, 5.74) is 0.795. The van der Waals surface area contributed by atoms with Crippen molar-refractivity contribution in [1.82, 2.24) is 5.32 Å². The fourth-order valence-electron chi connectivity index (χ4n) is 2.19. The van der Waals surface area contributed by atoms with Crippen LogP contribution in [0.1, 0.15) is 18.4 Å². The Balaban J connectivity index is 1.85. The number of aliphatic imine (C=N–C) groups is 1. The van der Waals surface area contributed by atoms with Crippen molar-refractivity contribution in [3.8, 4) is 0 Å². The summed E-state index contributed by atoms with van der Waals surface area (Å²) in [7, 11) is 1.38. The molecule has 1 unspecified atom stereocenters. The quantitative estimate of drug-likeness (QED) is 0.471. The molecule has 10 heteroatoms. The van der Waals surface area contributed by atoms with Gasteiger partial charge in [-0.1, -0.05) is 35.5 Å². The van der Waals surface area contributed by atoms with Gasteiger partial charge < -0.3 is 24.7 Å². The van der Waals surface area contributed by atoms with Gasteiger partial charge in [-0.25, -0.2) is 9.59 Å². The molecule has 0 aliphatic carbocycles. The summed E-state index contributed by atoms with van der Waals surface area (Å²) >= 11 is 3.23. The molecule has 1 aromatic rings. The zero-order valence-corrected chi connectivity index (χ0v) is 16.2. The molecule has 1 heterocycles. The highest BCUT2D eigenvalue weighted by molar-refractivity contribution is 9.18. The fraction of sp³-hybridized carbons (Fsp3) is 0.412. The molecule has 0 spiro atoms. The molecule has 1 aromatic carbocycles. The van der Waals surface area contributed by atoms with Crippen LogP contribution in [0.15, 0.2) is 40.5 Å². The summed E-state index contributed by atoms with van der Waals surface area (Å²) in [5.74, 6) is -1.04. The van der Waals surface area contributed by atoms with Crippen LogP contribution in [0.2, 0.25) is 0 Å². The number of nitrogens with one attached hydrogen (secondary N) is 1. The summed E-state index contributed by atoms with van der Waals surface area (Å²) in [5, 5.41) is 15.4. The largest absolute Gasteiger partial charge is 0.484 e. The number of nitrogens with zero attached hydrogens (tertiary/aromatic N) is 2. The standard InChI is InChI=1S/C17H20BrN3O6/c1-25-15(19-9-12-7-14(18)21-27-12)8-13(16(22)23)20-17(24)26-10-11-5-3-2-4-6-11/h2-6,12-13H,7-10H2,1H3,(H,20,24)(H,22,23)/t12?,13-/m0/s1. The second kappa shape index (κ2) is 10.5. The van der Waals surface area contributed by atoms with E-state index in [0.717, 1.165) is 5.56 Å². The third-order valence-corrected chi connectivity index (χ3v) is 4.05. The second-order valence-corrected chi connectivity index (χ2v) is 6.55.